The molecule has 68 heavy (non-hydrogen) atoms. The number of carbonyl (C=O) groups excluding carboxylic acids is 3. The van der Waals surface area contributed by atoms with Crippen LogP contribution >= 0.6 is 0 Å². The molecule has 0 radical (unpaired) electrons. The molecule has 0 aliphatic heterocycles. The second-order valence-corrected chi connectivity index (χ2v) is 19.9. The van der Waals surface area contributed by atoms with Gasteiger partial charge in [-0.25, -0.2) is 0 Å². The van der Waals surface area contributed by atoms with Crippen LogP contribution in [0.2, 0.25) is 0 Å². The van der Waals surface area contributed by atoms with E-state index in [1.807, 2.05) is 0 Å². The van der Waals surface area contributed by atoms with E-state index in [2.05, 4.69) is 69.4 Å². The van der Waals surface area contributed by atoms with Crippen LogP contribution in [0.3, 0.4) is 0 Å². The Morgan fingerprint density at radius 2 is 0.544 bits per heavy atom. The molecular weight excluding hydrogens is 841 g/mol. The minimum Gasteiger partial charge on any atom is -0.462 e. The second-order valence-electron chi connectivity index (χ2n) is 19.9. The first-order valence-electron chi connectivity index (χ1n) is 29.6. The predicted octanol–water partition coefficient (Wildman–Crippen LogP) is 19.8. The van der Waals surface area contributed by atoms with E-state index >= 15 is 0 Å². The van der Waals surface area contributed by atoms with E-state index in [1.54, 1.807) is 0 Å². The maximum atomic E-state index is 12.8. The lowest BCUT2D eigenvalue weighted by atomic mass is 10.0. The molecular formula is C62H112O6. The van der Waals surface area contributed by atoms with Crippen LogP contribution in [-0.2, 0) is 28.6 Å². The molecule has 6 heteroatoms. The lowest BCUT2D eigenvalue weighted by Crippen LogP contribution is -2.30. The Bertz CT molecular complexity index is 1190. The van der Waals surface area contributed by atoms with E-state index < -0.39 is 6.10 Å². The molecule has 0 aromatic carbocycles. The molecule has 396 valence electrons. The summed E-state index contributed by atoms with van der Waals surface area (Å²) >= 11 is 0. The summed E-state index contributed by atoms with van der Waals surface area (Å²) in [5.74, 6) is -0.893. The zero-order valence-electron chi connectivity index (χ0n) is 45.4. The number of esters is 3. The van der Waals surface area contributed by atoms with E-state index in [0.717, 1.165) is 89.9 Å². The molecule has 0 heterocycles. The topological polar surface area (TPSA) is 78.9 Å². The molecule has 6 nitrogen and oxygen atoms in total. The molecule has 0 amide bonds. The van der Waals surface area contributed by atoms with Gasteiger partial charge in [0.05, 0.1) is 0 Å². The van der Waals surface area contributed by atoms with Crippen LogP contribution in [0.1, 0.15) is 310 Å². The first kappa shape index (κ1) is 65.4. The molecule has 0 fully saturated rings. The fraction of sp³-hybridized carbons (Fsp3) is 0.823. The summed E-state index contributed by atoms with van der Waals surface area (Å²) in [6.45, 7) is 6.59. The second kappa shape index (κ2) is 57.0. The summed E-state index contributed by atoms with van der Waals surface area (Å²) in [7, 11) is 0. The van der Waals surface area contributed by atoms with Gasteiger partial charge in [0.1, 0.15) is 13.2 Å². The van der Waals surface area contributed by atoms with Crippen LogP contribution in [0.15, 0.2) is 48.6 Å². The Morgan fingerprint density at radius 1 is 0.294 bits per heavy atom. The molecule has 1 atom stereocenters. The van der Waals surface area contributed by atoms with E-state index in [4.69, 9.17) is 14.2 Å². The van der Waals surface area contributed by atoms with Crippen LogP contribution < -0.4 is 0 Å². The van der Waals surface area contributed by atoms with Gasteiger partial charge in [-0.05, 0) is 96.3 Å². The normalized spacial score (nSPS) is 12.3. The predicted molar refractivity (Wildman–Crippen MR) is 293 cm³/mol. The van der Waals surface area contributed by atoms with Crippen LogP contribution in [0.5, 0.6) is 0 Å². The maximum absolute atomic E-state index is 12.8. The smallest absolute Gasteiger partial charge is 0.306 e. The highest BCUT2D eigenvalue weighted by Crippen LogP contribution is 2.16. The zero-order valence-corrected chi connectivity index (χ0v) is 45.4. The van der Waals surface area contributed by atoms with E-state index in [9.17, 15) is 14.4 Å². The van der Waals surface area contributed by atoms with Crippen molar-refractivity contribution in [3.05, 3.63) is 48.6 Å². The van der Waals surface area contributed by atoms with Gasteiger partial charge in [0.15, 0.2) is 6.10 Å². The monoisotopic (exact) mass is 953 g/mol. The van der Waals surface area contributed by atoms with Crippen molar-refractivity contribution in [1.29, 1.82) is 0 Å². The Labute approximate surface area is 422 Å². The number of ether oxygens (including phenoxy) is 3. The van der Waals surface area contributed by atoms with Gasteiger partial charge in [0.25, 0.3) is 0 Å². The molecule has 0 spiro atoms. The van der Waals surface area contributed by atoms with Gasteiger partial charge in [0, 0.05) is 19.3 Å². The molecule has 0 saturated heterocycles. The number of unbranched alkanes of at least 4 members (excludes halogenated alkanes) is 35. The summed E-state index contributed by atoms with van der Waals surface area (Å²) in [5.41, 5.74) is 0. The average molecular weight is 954 g/mol. The minimum absolute atomic E-state index is 0.0803. The summed E-state index contributed by atoms with van der Waals surface area (Å²) in [5, 5.41) is 0. The van der Waals surface area contributed by atoms with Gasteiger partial charge in [-0.1, -0.05) is 243 Å². The van der Waals surface area contributed by atoms with E-state index in [1.165, 1.54) is 180 Å². The summed E-state index contributed by atoms with van der Waals surface area (Å²) in [4.78, 5) is 38.1. The molecule has 0 rings (SSSR count). The summed E-state index contributed by atoms with van der Waals surface area (Å²) in [6.07, 6.45) is 69.7. The van der Waals surface area contributed by atoms with Crippen molar-refractivity contribution >= 4 is 17.9 Å². The fourth-order valence-electron chi connectivity index (χ4n) is 8.51. The number of rotatable bonds is 54. The van der Waals surface area contributed by atoms with E-state index in [-0.39, 0.29) is 31.1 Å². The van der Waals surface area contributed by atoms with Crippen LogP contribution in [-0.4, -0.2) is 37.2 Å². The van der Waals surface area contributed by atoms with Gasteiger partial charge < -0.3 is 14.2 Å². The average Bonchev–Trinajstić information content (AvgIpc) is 3.34. The SMILES string of the molecule is CCCC/C=C\CCCCCCCC(=O)OCC(COC(=O)CCCCCCCCCCCCC/C=C\CCCCCCCCCC)OC(=O)CCCCCCC/C=C\C/C=C\CCCCCC. The third-order valence-corrected chi connectivity index (χ3v) is 13.0. The Hall–Kier alpha value is -2.63. The van der Waals surface area contributed by atoms with Crippen molar-refractivity contribution in [2.75, 3.05) is 13.2 Å². The minimum atomic E-state index is -0.783. The quantitative estimate of drug-likeness (QED) is 0.0262. The van der Waals surface area contributed by atoms with Gasteiger partial charge >= 0.3 is 17.9 Å². The number of hydrogen-bond acceptors (Lipinski definition) is 6. The zero-order chi connectivity index (χ0) is 49.3. The van der Waals surface area contributed by atoms with Gasteiger partial charge in [-0.2, -0.15) is 0 Å². The van der Waals surface area contributed by atoms with E-state index in [0.29, 0.717) is 19.3 Å². The number of allylic oxidation sites excluding steroid dienone is 8. The summed E-state index contributed by atoms with van der Waals surface area (Å²) in [6, 6.07) is 0. The van der Waals surface area contributed by atoms with Crippen LogP contribution in [0.25, 0.3) is 0 Å². The van der Waals surface area contributed by atoms with Crippen molar-refractivity contribution in [3.8, 4) is 0 Å². The van der Waals surface area contributed by atoms with Crippen LogP contribution in [0, 0.1) is 0 Å². The Balaban J connectivity index is 4.27. The molecule has 0 aromatic rings. The van der Waals surface area contributed by atoms with Crippen LogP contribution in [0.4, 0.5) is 0 Å². The molecule has 0 bridgehead atoms. The number of hydrogen-bond donors (Lipinski definition) is 0. The molecule has 0 aromatic heterocycles. The third kappa shape index (κ3) is 54.3. The lowest BCUT2D eigenvalue weighted by molar-refractivity contribution is -0.167. The molecule has 0 aliphatic carbocycles. The van der Waals surface area contributed by atoms with Crippen molar-refractivity contribution < 1.29 is 28.6 Å². The molecule has 0 saturated carbocycles. The highest BCUT2D eigenvalue weighted by atomic mass is 16.6. The fourth-order valence-corrected chi connectivity index (χ4v) is 8.51. The standard InChI is InChI=1S/C62H112O6/c1-4-7-10-13-16-19-22-24-26-28-29-30-31-32-33-34-36-37-40-43-46-49-52-55-61(64)67-58-59(57-66-60(63)54-51-48-45-42-39-21-18-15-12-9-6-3)68-62(65)56-53-50-47-44-41-38-35-27-25-23-20-17-14-11-8-5-2/h15,18,20,23,27-29,35,59H,4-14,16-17,19,21-22,24-26,30-34,36-58H2,1-3H3/b18-15-,23-20-,29-28-,35-27-. The summed E-state index contributed by atoms with van der Waals surface area (Å²) < 4.78 is 16.8. The largest absolute Gasteiger partial charge is 0.462 e. The third-order valence-electron chi connectivity index (χ3n) is 13.0. The molecule has 0 aliphatic rings. The maximum Gasteiger partial charge on any atom is 0.306 e. The molecule has 0 N–H and O–H groups in total. The highest BCUT2D eigenvalue weighted by Gasteiger charge is 2.19. The Kier molecular flexibility index (Phi) is 54.8. The first-order valence-corrected chi connectivity index (χ1v) is 29.6. The van der Waals surface area contributed by atoms with Crippen molar-refractivity contribution in [3.63, 3.8) is 0 Å². The van der Waals surface area contributed by atoms with Crippen molar-refractivity contribution in [2.24, 2.45) is 0 Å². The van der Waals surface area contributed by atoms with Crippen molar-refractivity contribution in [1.82, 2.24) is 0 Å². The van der Waals surface area contributed by atoms with Gasteiger partial charge in [-0.15, -0.1) is 0 Å². The first-order chi connectivity index (χ1) is 33.5. The Morgan fingerprint density at radius 3 is 0.882 bits per heavy atom. The molecule has 1 unspecified atom stereocenters. The van der Waals surface area contributed by atoms with Gasteiger partial charge in [0.2, 0.25) is 0 Å². The van der Waals surface area contributed by atoms with Crippen molar-refractivity contribution in [2.45, 2.75) is 316 Å². The highest BCUT2D eigenvalue weighted by molar-refractivity contribution is 5.71. The lowest BCUT2D eigenvalue weighted by Gasteiger charge is -2.18. The van der Waals surface area contributed by atoms with Gasteiger partial charge in [-0.3, -0.25) is 14.4 Å². The number of carbonyl (C=O) groups is 3.